The van der Waals surface area contributed by atoms with Gasteiger partial charge < -0.3 is 34.3 Å². The zero-order valence-electron chi connectivity index (χ0n) is 36.3. The van der Waals surface area contributed by atoms with Crippen molar-refractivity contribution in [1.82, 2.24) is 0 Å². The van der Waals surface area contributed by atoms with Crippen LogP contribution in [0.2, 0.25) is 0 Å². The Morgan fingerprint density at radius 3 is 1.71 bits per heavy atom. The third-order valence-corrected chi connectivity index (χ3v) is 10.3. The van der Waals surface area contributed by atoms with Gasteiger partial charge in [-0.3, -0.25) is 9.35 Å². The van der Waals surface area contributed by atoms with E-state index < -0.39 is 59.8 Å². The molecule has 0 radical (unpaired) electrons. The van der Waals surface area contributed by atoms with E-state index in [1.165, 1.54) is 32.1 Å². The lowest BCUT2D eigenvalue weighted by atomic mass is 9.99. The summed E-state index contributed by atoms with van der Waals surface area (Å²) in [6.45, 7) is 3.80. The highest BCUT2D eigenvalue weighted by molar-refractivity contribution is 7.80. The van der Waals surface area contributed by atoms with E-state index in [-0.39, 0.29) is 19.6 Å². The number of hydrogen-bond donors (Lipinski definition) is 4. The molecule has 342 valence electrons. The van der Waals surface area contributed by atoms with E-state index in [1.54, 1.807) is 0 Å². The van der Waals surface area contributed by atoms with Gasteiger partial charge in [0.15, 0.2) is 6.29 Å². The molecule has 6 unspecified atom stereocenters. The van der Waals surface area contributed by atoms with Gasteiger partial charge in [0.05, 0.1) is 19.8 Å². The van der Waals surface area contributed by atoms with Gasteiger partial charge in [-0.25, -0.2) is 4.18 Å². The molecule has 1 rings (SSSR count). The number of esters is 1. The second kappa shape index (κ2) is 37.6. The normalized spacial score (nSPS) is 20.9. The zero-order chi connectivity index (χ0) is 43.2. The first-order valence-corrected chi connectivity index (χ1v) is 23.9. The minimum Gasteiger partial charge on any atom is -0.457 e. The Bertz CT molecular complexity index is 1260. The summed E-state index contributed by atoms with van der Waals surface area (Å²) in [6, 6.07) is 0. The third kappa shape index (κ3) is 31.3. The Balaban J connectivity index is 2.46. The molecule has 0 spiro atoms. The molecular formula is C46H80O12S. The van der Waals surface area contributed by atoms with Crippen molar-refractivity contribution in [3.63, 3.8) is 0 Å². The topological polar surface area (TPSA) is 178 Å². The summed E-state index contributed by atoms with van der Waals surface area (Å²) < 4.78 is 59.0. The Hall–Kier alpha value is -2.20. The van der Waals surface area contributed by atoms with E-state index in [1.807, 2.05) is 0 Å². The molecule has 59 heavy (non-hydrogen) atoms. The lowest BCUT2D eigenvalue weighted by molar-refractivity contribution is -0.301. The molecule has 0 amide bonds. The second-order valence-corrected chi connectivity index (χ2v) is 16.3. The van der Waals surface area contributed by atoms with Gasteiger partial charge >= 0.3 is 16.4 Å². The minimum absolute atomic E-state index is 0.0186. The molecular weight excluding hydrogens is 777 g/mol. The van der Waals surface area contributed by atoms with Crippen molar-refractivity contribution in [3.05, 3.63) is 60.8 Å². The Morgan fingerprint density at radius 2 is 1.17 bits per heavy atom. The van der Waals surface area contributed by atoms with Crippen molar-refractivity contribution in [2.45, 2.75) is 198 Å². The summed E-state index contributed by atoms with van der Waals surface area (Å²) in [5.41, 5.74) is 0. The highest BCUT2D eigenvalue weighted by Crippen LogP contribution is 2.26. The quantitative estimate of drug-likeness (QED) is 0.0201. The molecule has 6 atom stereocenters. The molecule has 1 saturated heterocycles. The molecule has 0 bridgehead atoms. The van der Waals surface area contributed by atoms with E-state index in [9.17, 15) is 28.5 Å². The summed E-state index contributed by atoms with van der Waals surface area (Å²) in [5, 5.41) is 30.7. The highest BCUT2D eigenvalue weighted by Gasteiger charge is 2.48. The molecule has 4 N–H and O–H groups in total. The van der Waals surface area contributed by atoms with Gasteiger partial charge in [0.25, 0.3) is 0 Å². The summed E-state index contributed by atoms with van der Waals surface area (Å²) in [6.07, 6.45) is 36.8. The fourth-order valence-electron chi connectivity index (χ4n) is 6.48. The van der Waals surface area contributed by atoms with Gasteiger partial charge in [-0.1, -0.05) is 139 Å². The van der Waals surface area contributed by atoms with Crippen LogP contribution in [0.1, 0.15) is 162 Å². The molecule has 1 aliphatic heterocycles. The summed E-state index contributed by atoms with van der Waals surface area (Å²) in [7, 11) is -5.07. The number of hydrogen-bond acceptors (Lipinski definition) is 11. The average molecular weight is 857 g/mol. The number of carbonyl (C=O) groups excluding carboxylic acids is 1. The van der Waals surface area contributed by atoms with Crippen molar-refractivity contribution < 1.29 is 56.2 Å². The first-order valence-electron chi connectivity index (χ1n) is 22.5. The van der Waals surface area contributed by atoms with Crippen molar-refractivity contribution in [1.29, 1.82) is 0 Å². The van der Waals surface area contributed by atoms with Gasteiger partial charge in [-0.15, -0.1) is 0 Å². The highest BCUT2D eigenvalue weighted by atomic mass is 32.3. The van der Waals surface area contributed by atoms with Crippen molar-refractivity contribution >= 4 is 16.4 Å². The van der Waals surface area contributed by atoms with Crippen LogP contribution in [0.15, 0.2) is 60.8 Å². The molecule has 13 heteroatoms. The van der Waals surface area contributed by atoms with Crippen LogP contribution < -0.4 is 0 Å². The van der Waals surface area contributed by atoms with Crippen LogP contribution in [0.3, 0.4) is 0 Å². The lowest BCUT2D eigenvalue weighted by Gasteiger charge is -2.41. The van der Waals surface area contributed by atoms with Crippen LogP contribution in [0.5, 0.6) is 0 Å². The van der Waals surface area contributed by atoms with E-state index >= 15 is 0 Å². The fourth-order valence-corrected chi connectivity index (χ4v) is 6.99. The molecule has 1 heterocycles. The molecule has 0 aromatic carbocycles. The smallest absolute Gasteiger partial charge is 0.397 e. The number of carbonyl (C=O) groups is 1. The predicted octanol–water partition coefficient (Wildman–Crippen LogP) is 9.35. The van der Waals surface area contributed by atoms with E-state index in [0.29, 0.717) is 13.0 Å². The van der Waals surface area contributed by atoms with Crippen molar-refractivity contribution in [2.75, 3.05) is 26.4 Å². The Morgan fingerprint density at radius 1 is 0.661 bits per heavy atom. The standard InChI is InChI=1S/C46H80O12S/c1-3-5-7-9-11-13-15-17-19-21-23-25-27-29-31-33-35-42(48)56-40(39-55-46-44(50)45(58-59(51,52)53)43(49)41(37-47)57-46)38-54-36-34-32-30-28-26-24-22-20-18-16-14-12-10-8-6-4-2/h6,8,12-15,18-21,40-41,43-47,49-50H,3-5,7,9-11,16-17,22-39H2,1-2H3,(H,51,52,53)/b8-6-,14-12-,15-13-,20-18-,21-19-. The molecule has 1 fully saturated rings. The molecule has 0 aromatic heterocycles. The first kappa shape index (κ1) is 54.8. The number of allylic oxidation sites excluding steroid dienone is 10. The third-order valence-electron chi connectivity index (χ3n) is 9.87. The molecule has 0 aromatic rings. The Kier molecular flexibility index (Phi) is 34.9. The number of unbranched alkanes of at least 4 members (excludes halogenated alkanes) is 15. The number of aliphatic hydroxyl groups is 3. The first-order chi connectivity index (χ1) is 28.6. The molecule has 12 nitrogen and oxygen atoms in total. The Labute approximate surface area is 357 Å². The number of ether oxygens (including phenoxy) is 4. The lowest BCUT2D eigenvalue weighted by Crippen LogP contribution is -2.60. The summed E-state index contributed by atoms with van der Waals surface area (Å²) >= 11 is 0. The monoisotopic (exact) mass is 857 g/mol. The van der Waals surface area contributed by atoms with Gasteiger partial charge in [-0.2, -0.15) is 8.42 Å². The zero-order valence-corrected chi connectivity index (χ0v) is 37.1. The predicted molar refractivity (Wildman–Crippen MR) is 234 cm³/mol. The largest absolute Gasteiger partial charge is 0.457 e. The van der Waals surface area contributed by atoms with Gasteiger partial charge in [0.1, 0.15) is 30.5 Å². The second-order valence-electron chi connectivity index (χ2n) is 15.3. The van der Waals surface area contributed by atoms with Crippen LogP contribution in [0, 0.1) is 0 Å². The molecule has 0 saturated carbocycles. The van der Waals surface area contributed by atoms with Crippen LogP contribution in [-0.4, -0.2) is 97.5 Å². The SMILES string of the molecule is CC/C=C\C/C=C\C/C=C\CCCCCCCCOCC(COC1OC(CO)C(O)C(OS(=O)(=O)O)C1O)OC(=O)CCCCCCC/C=C\C/C=C\CCCCCC. The average Bonchev–Trinajstić information content (AvgIpc) is 3.20. The maximum absolute atomic E-state index is 12.8. The van der Waals surface area contributed by atoms with E-state index in [2.05, 4.69) is 78.8 Å². The minimum atomic E-state index is -5.07. The number of aliphatic hydroxyl groups excluding tert-OH is 3. The van der Waals surface area contributed by atoms with Gasteiger partial charge in [0.2, 0.25) is 0 Å². The van der Waals surface area contributed by atoms with Crippen molar-refractivity contribution in [2.24, 2.45) is 0 Å². The number of rotatable bonds is 38. The van der Waals surface area contributed by atoms with Crippen LogP contribution in [0.25, 0.3) is 0 Å². The fraction of sp³-hybridized carbons (Fsp3) is 0.761. The van der Waals surface area contributed by atoms with Gasteiger partial charge in [-0.05, 0) is 77.0 Å². The van der Waals surface area contributed by atoms with Crippen molar-refractivity contribution in [3.8, 4) is 0 Å². The summed E-state index contributed by atoms with van der Waals surface area (Å²) in [4.78, 5) is 12.8. The molecule has 1 aliphatic rings. The van der Waals surface area contributed by atoms with Crippen LogP contribution in [0.4, 0.5) is 0 Å². The maximum atomic E-state index is 12.8. The maximum Gasteiger partial charge on any atom is 0.397 e. The van der Waals surface area contributed by atoms with Crippen LogP contribution in [-0.2, 0) is 38.3 Å². The van der Waals surface area contributed by atoms with E-state index in [0.717, 1.165) is 103 Å². The molecule has 0 aliphatic carbocycles. The van der Waals surface area contributed by atoms with Gasteiger partial charge in [0, 0.05) is 13.0 Å². The summed E-state index contributed by atoms with van der Waals surface area (Å²) in [5.74, 6) is -0.420. The van der Waals surface area contributed by atoms with E-state index in [4.69, 9.17) is 23.5 Å². The van der Waals surface area contributed by atoms with Crippen LogP contribution >= 0.6 is 0 Å².